The second-order valence-electron chi connectivity index (χ2n) is 5.96. The van der Waals surface area contributed by atoms with Gasteiger partial charge in [0.2, 0.25) is 0 Å². The first-order valence-electron chi connectivity index (χ1n) is 7.69. The van der Waals surface area contributed by atoms with Crippen LogP contribution in [0.25, 0.3) is 11.3 Å². The predicted molar refractivity (Wildman–Crippen MR) is 94.7 cm³/mol. The zero-order chi connectivity index (χ0) is 17.7. The maximum Gasteiger partial charge on any atom is 0.305 e. The average Bonchev–Trinajstić information content (AvgIpc) is 3.01. The molecule has 1 amide bonds. The summed E-state index contributed by atoms with van der Waals surface area (Å²) >= 11 is 3.38. The molecule has 0 saturated heterocycles. The molecule has 2 aromatic rings. The van der Waals surface area contributed by atoms with Crippen molar-refractivity contribution in [2.24, 2.45) is 5.92 Å². The Bertz CT molecular complexity index is 710. The molecule has 0 unspecified atom stereocenters. The van der Waals surface area contributed by atoms with Gasteiger partial charge in [0.05, 0.1) is 12.1 Å². The molecule has 0 bridgehead atoms. The number of carboxylic acids is 1. The van der Waals surface area contributed by atoms with Gasteiger partial charge in [0.15, 0.2) is 0 Å². The van der Waals surface area contributed by atoms with Crippen LogP contribution < -0.4 is 0 Å². The normalized spacial score (nSPS) is 10.8. The lowest BCUT2D eigenvalue weighted by Gasteiger charge is -2.23. The molecule has 0 radical (unpaired) electrons. The first kappa shape index (κ1) is 18.2. The maximum atomic E-state index is 12.6. The number of carbonyl (C=O) groups is 2. The number of carbonyl (C=O) groups excluding carboxylic acids is 1. The molecule has 6 nitrogen and oxygen atoms in total. The van der Waals surface area contributed by atoms with Crippen LogP contribution in [0.2, 0.25) is 0 Å². The standard InChI is InChI=1S/C17H20BrN3O3/c1-11(2)10-21(8-7-16(22)23)17(24)15-9-14(19-20-15)12-3-5-13(18)6-4-12/h3-6,9,11H,7-8,10H2,1-2H3,(H,19,20)(H,22,23). The molecule has 0 fully saturated rings. The highest BCUT2D eigenvalue weighted by molar-refractivity contribution is 9.10. The molecule has 0 aliphatic rings. The Morgan fingerprint density at radius 3 is 2.54 bits per heavy atom. The second-order valence-corrected chi connectivity index (χ2v) is 6.88. The molecule has 1 aromatic heterocycles. The Morgan fingerprint density at radius 2 is 1.96 bits per heavy atom. The molecular weight excluding hydrogens is 374 g/mol. The number of H-pyrrole nitrogens is 1. The summed E-state index contributed by atoms with van der Waals surface area (Å²) in [5.41, 5.74) is 1.93. The average molecular weight is 394 g/mol. The van der Waals surface area contributed by atoms with E-state index in [9.17, 15) is 9.59 Å². The summed E-state index contributed by atoms with van der Waals surface area (Å²) in [5, 5.41) is 15.8. The van der Waals surface area contributed by atoms with Crippen LogP contribution in [-0.2, 0) is 4.79 Å². The number of nitrogens with zero attached hydrogens (tertiary/aromatic N) is 2. The molecular formula is C17H20BrN3O3. The van der Waals surface area contributed by atoms with Crippen LogP contribution >= 0.6 is 15.9 Å². The van der Waals surface area contributed by atoms with Gasteiger partial charge in [-0.05, 0) is 24.1 Å². The molecule has 24 heavy (non-hydrogen) atoms. The van der Waals surface area contributed by atoms with Gasteiger partial charge in [-0.15, -0.1) is 0 Å². The van der Waals surface area contributed by atoms with Crippen LogP contribution in [0.15, 0.2) is 34.8 Å². The molecule has 2 N–H and O–H groups in total. The van der Waals surface area contributed by atoms with Crippen LogP contribution in [0.1, 0.15) is 30.8 Å². The third-order valence-electron chi connectivity index (χ3n) is 3.42. The number of halogens is 1. The number of hydrogen-bond donors (Lipinski definition) is 2. The van der Waals surface area contributed by atoms with E-state index in [-0.39, 0.29) is 24.8 Å². The SMILES string of the molecule is CC(C)CN(CCC(=O)O)C(=O)c1cc(-c2ccc(Br)cc2)n[nH]1. The van der Waals surface area contributed by atoms with Gasteiger partial charge in [0.25, 0.3) is 5.91 Å². The van der Waals surface area contributed by atoms with E-state index in [2.05, 4.69) is 26.1 Å². The zero-order valence-corrected chi connectivity index (χ0v) is 15.2. The summed E-state index contributed by atoms with van der Waals surface area (Å²) < 4.78 is 0.967. The summed E-state index contributed by atoms with van der Waals surface area (Å²) in [7, 11) is 0. The van der Waals surface area contributed by atoms with Crippen LogP contribution in [0, 0.1) is 5.92 Å². The fraction of sp³-hybridized carbons (Fsp3) is 0.353. The summed E-state index contributed by atoms with van der Waals surface area (Å²) in [5.74, 6) is -0.908. The first-order valence-corrected chi connectivity index (χ1v) is 8.48. The highest BCUT2D eigenvalue weighted by atomic mass is 79.9. The number of aliphatic carboxylic acids is 1. The van der Waals surface area contributed by atoms with Gasteiger partial charge in [-0.2, -0.15) is 5.10 Å². The molecule has 0 atom stereocenters. The van der Waals surface area contributed by atoms with E-state index in [1.54, 1.807) is 11.0 Å². The molecule has 128 valence electrons. The molecule has 1 aromatic carbocycles. The lowest BCUT2D eigenvalue weighted by molar-refractivity contribution is -0.137. The molecule has 0 aliphatic carbocycles. The van der Waals surface area contributed by atoms with E-state index >= 15 is 0 Å². The summed E-state index contributed by atoms with van der Waals surface area (Å²) in [6.07, 6.45) is -0.0772. The van der Waals surface area contributed by atoms with Crippen molar-refractivity contribution in [3.63, 3.8) is 0 Å². The van der Waals surface area contributed by atoms with E-state index in [1.807, 2.05) is 38.1 Å². The molecule has 7 heteroatoms. The van der Waals surface area contributed by atoms with Crippen molar-refractivity contribution < 1.29 is 14.7 Å². The molecule has 0 saturated carbocycles. The van der Waals surface area contributed by atoms with Crippen molar-refractivity contribution in [3.05, 3.63) is 40.5 Å². The third kappa shape index (κ3) is 4.92. The minimum Gasteiger partial charge on any atom is -0.481 e. The van der Waals surface area contributed by atoms with Gasteiger partial charge in [-0.25, -0.2) is 0 Å². The molecule has 0 aliphatic heterocycles. The van der Waals surface area contributed by atoms with Crippen LogP contribution in [0.5, 0.6) is 0 Å². The van der Waals surface area contributed by atoms with Crippen molar-refractivity contribution in [2.45, 2.75) is 20.3 Å². The Kier molecular flexibility index (Phi) is 6.14. The predicted octanol–water partition coefficient (Wildman–Crippen LogP) is 3.41. The number of aromatic amines is 1. The van der Waals surface area contributed by atoms with Gasteiger partial charge in [-0.1, -0.05) is 41.9 Å². The van der Waals surface area contributed by atoms with E-state index in [1.165, 1.54) is 0 Å². The number of aromatic nitrogens is 2. The highest BCUT2D eigenvalue weighted by Crippen LogP contribution is 2.21. The Labute approximate surface area is 149 Å². The van der Waals surface area contributed by atoms with Crippen molar-refractivity contribution in [2.75, 3.05) is 13.1 Å². The molecule has 1 heterocycles. The maximum absolute atomic E-state index is 12.6. The summed E-state index contributed by atoms with van der Waals surface area (Å²) in [6.45, 7) is 4.65. The Hall–Kier alpha value is -2.15. The fourth-order valence-corrected chi connectivity index (χ4v) is 2.58. The third-order valence-corrected chi connectivity index (χ3v) is 3.95. The Balaban J connectivity index is 2.17. The van der Waals surface area contributed by atoms with Gasteiger partial charge in [0, 0.05) is 23.1 Å². The quantitative estimate of drug-likeness (QED) is 0.754. The molecule has 2 rings (SSSR count). The summed E-state index contributed by atoms with van der Waals surface area (Å²) in [4.78, 5) is 25.0. The summed E-state index contributed by atoms with van der Waals surface area (Å²) in [6, 6.07) is 9.32. The number of nitrogens with one attached hydrogen (secondary N) is 1. The van der Waals surface area contributed by atoms with Crippen LogP contribution in [-0.4, -0.2) is 45.2 Å². The van der Waals surface area contributed by atoms with Crippen molar-refractivity contribution >= 4 is 27.8 Å². The second kappa shape index (κ2) is 8.10. The largest absolute Gasteiger partial charge is 0.481 e. The van der Waals surface area contributed by atoms with E-state index < -0.39 is 5.97 Å². The van der Waals surface area contributed by atoms with Gasteiger partial charge in [-0.3, -0.25) is 14.7 Å². The number of amides is 1. The minimum absolute atomic E-state index is 0.0772. The zero-order valence-electron chi connectivity index (χ0n) is 13.6. The van der Waals surface area contributed by atoms with E-state index in [4.69, 9.17) is 5.11 Å². The number of carboxylic acid groups (broad SMARTS) is 1. The van der Waals surface area contributed by atoms with E-state index in [0.717, 1.165) is 10.0 Å². The van der Waals surface area contributed by atoms with Crippen molar-refractivity contribution in [1.29, 1.82) is 0 Å². The lowest BCUT2D eigenvalue weighted by Crippen LogP contribution is -2.36. The van der Waals surface area contributed by atoms with Crippen LogP contribution in [0.4, 0.5) is 0 Å². The lowest BCUT2D eigenvalue weighted by atomic mass is 10.1. The van der Waals surface area contributed by atoms with Crippen molar-refractivity contribution in [3.8, 4) is 11.3 Å². The van der Waals surface area contributed by atoms with Crippen LogP contribution in [0.3, 0.4) is 0 Å². The number of benzene rings is 1. The monoisotopic (exact) mass is 393 g/mol. The highest BCUT2D eigenvalue weighted by Gasteiger charge is 2.20. The van der Waals surface area contributed by atoms with Gasteiger partial charge in [0.1, 0.15) is 5.69 Å². The van der Waals surface area contributed by atoms with E-state index in [0.29, 0.717) is 17.9 Å². The number of rotatable bonds is 7. The fourth-order valence-electron chi connectivity index (χ4n) is 2.32. The smallest absolute Gasteiger partial charge is 0.305 e. The first-order chi connectivity index (χ1) is 11.4. The Morgan fingerprint density at radius 1 is 1.29 bits per heavy atom. The topological polar surface area (TPSA) is 86.3 Å². The van der Waals surface area contributed by atoms with Gasteiger partial charge >= 0.3 is 5.97 Å². The molecule has 0 spiro atoms. The van der Waals surface area contributed by atoms with Gasteiger partial charge < -0.3 is 10.0 Å². The minimum atomic E-state index is -0.920. The van der Waals surface area contributed by atoms with Crippen molar-refractivity contribution in [1.82, 2.24) is 15.1 Å². The number of hydrogen-bond acceptors (Lipinski definition) is 3.